The highest BCUT2D eigenvalue weighted by Crippen LogP contribution is 2.33. The van der Waals surface area contributed by atoms with E-state index in [2.05, 4.69) is 10.0 Å². The second-order valence-electron chi connectivity index (χ2n) is 6.53. The molecule has 0 heterocycles. The van der Waals surface area contributed by atoms with Crippen molar-refractivity contribution in [3.8, 4) is 0 Å². The van der Waals surface area contributed by atoms with E-state index in [0.717, 1.165) is 17.5 Å². The number of hydrogen-bond donors (Lipinski definition) is 2. The number of carbonyl (C=O) groups excluding carboxylic acids is 1. The summed E-state index contributed by atoms with van der Waals surface area (Å²) in [5.74, 6) is -0.861. The predicted octanol–water partition coefficient (Wildman–Crippen LogP) is 4.82. The molecule has 0 aliphatic rings. The maximum Gasteiger partial charge on any atom is 0.416 e. The minimum Gasteiger partial charge on any atom is -0.323 e. The number of rotatable bonds is 5. The van der Waals surface area contributed by atoms with Crippen LogP contribution in [0.15, 0.2) is 65.6 Å². The van der Waals surface area contributed by atoms with E-state index >= 15 is 0 Å². The summed E-state index contributed by atoms with van der Waals surface area (Å²) < 4.78 is 66.1. The van der Waals surface area contributed by atoms with E-state index < -0.39 is 33.7 Å². The molecule has 158 valence electrons. The number of nitrogens with one attached hydrogen (secondary N) is 2. The molecule has 0 radical (unpaired) electrons. The summed E-state index contributed by atoms with van der Waals surface area (Å²) >= 11 is 5.86. The van der Waals surface area contributed by atoms with Crippen LogP contribution >= 0.6 is 11.6 Å². The van der Waals surface area contributed by atoms with Crippen LogP contribution in [0.25, 0.3) is 10.8 Å². The number of anilines is 1. The Morgan fingerprint density at radius 2 is 1.67 bits per heavy atom. The van der Waals surface area contributed by atoms with E-state index in [4.69, 9.17) is 11.6 Å². The Bertz CT molecular complexity index is 1210. The van der Waals surface area contributed by atoms with Gasteiger partial charge in [0.25, 0.3) is 0 Å². The SMILES string of the molecule is C[C@@H](NS(=O)(=O)c1ccc2ccccc2c1)C(=O)Nc1cc(C(F)(F)F)ccc1Cl. The molecule has 3 rings (SSSR count). The van der Waals surface area contributed by atoms with E-state index in [1.165, 1.54) is 19.1 Å². The second-order valence-corrected chi connectivity index (χ2v) is 8.65. The number of benzene rings is 3. The van der Waals surface area contributed by atoms with Gasteiger partial charge in [-0.1, -0.05) is 41.9 Å². The van der Waals surface area contributed by atoms with Crippen molar-refractivity contribution in [1.29, 1.82) is 0 Å². The Hall–Kier alpha value is -2.62. The first-order valence-corrected chi connectivity index (χ1v) is 10.5. The van der Waals surface area contributed by atoms with Crippen molar-refractivity contribution in [1.82, 2.24) is 4.72 Å². The Labute approximate surface area is 175 Å². The van der Waals surface area contributed by atoms with E-state index in [0.29, 0.717) is 11.5 Å². The Morgan fingerprint density at radius 1 is 1.00 bits per heavy atom. The molecule has 3 aromatic carbocycles. The van der Waals surface area contributed by atoms with Crippen molar-refractivity contribution in [2.45, 2.75) is 24.0 Å². The van der Waals surface area contributed by atoms with Crippen LogP contribution in [0, 0.1) is 0 Å². The number of amides is 1. The molecule has 30 heavy (non-hydrogen) atoms. The van der Waals surface area contributed by atoms with Crippen LogP contribution in [0.1, 0.15) is 12.5 Å². The first kappa shape index (κ1) is 22.1. The minimum absolute atomic E-state index is 0.0436. The van der Waals surface area contributed by atoms with Crippen LogP contribution in [-0.2, 0) is 21.0 Å². The van der Waals surface area contributed by atoms with Gasteiger partial charge in [0, 0.05) is 0 Å². The van der Waals surface area contributed by atoms with Crippen molar-refractivity contribution >= 4 is 44.0 Å². The third-order valence-corrected chi connectivity index (χ3v) is 6.18. The van der Waals surface area contributed by atoms with Gasteiger partial charge in [-0.25, -0.2) is 8.42 Å². The van der Waals surface area contributed by atoms with E-state index in [9.17, 15) is 26.4 Å². The molecule has 10 heteroatoms. The average molecular weight is 457 g/mol. The lowest BCUT2D eigenvalue weighted by atomic mass is 10.1. The summed E-state index contributed by atoms with van der Waals surface area (Å²) in [6, 6.07) is 12.9. The van der Waals surface area contributed by atoms with E-state index in [1.807, 2.05) is 12.1 Å². The molecule has 0 aliphatic carbocycles. The van der Waals surface area contributed by atoms with Crippen LogP contribution in [0.3, 0.4) is 0 Å². The smallest absolute Gasteiger partial charge is 0.323 e. The topological polar surface area (TPSA) is 75.3 Å². The van der Waals surface area contributed by atoms with E-state index in [1.54, 1.807) is 18.2 Å². The minimum atomic E-state index is -4.62. The fourth-order valence-corrected chi connectivity index (χ4v) is 4.13. The number of sulfonamides is 1. The predicted molar refractivity (Wildman–Crippen MR) is 109 cm³/mol. The third kappa shape index (κ3) is 4.92. The first-order chi connectivity index (χ1) is 14.0. The first-order valence-electron chi connectivity index (χ1n) is 8.66. The number of hydrogen-bond acceptors (Lipinski definition) is 3. The lowest BCUT2D eigenvalue weighted by molar-refractivity contribution is -0.137. The molecule has 0 unspecified atom stereocenters. The van der Waals surface area contributed by atoms with Gasteiger partial charge < -0.3 is 5.32 Å². The Morgan fingerprint density at radius 3 is 2.33 bits per heavy atom. The van der Waals surface area contributed by atoms with Crippen LogP contribution in [0.4, 0.5) is 18.9 Å². The Kier molecular flexibility index (Phi) is 6.07. The summed E-state index contributed by atoms with van der Waals surface area (Å²) in [6.07, 6.45) is -4.62. The van der Waals surface area contributed by atoms with Gasteiger partial charge in [0.05, 0.1) is 27.2 Å². The van der Waals surface area contributed by atoms with Crippen LogP contribution in [-0.4, -0.2) is 20.4 Å². The van der Waals surface area contributed by atoms with Gasteiger partial charge in [-0.05, 0) is 48.0 Å². The molecule has 0 aromatic heterocycles. The molecular formula is C20H16ClF3N2O3S. The lowest BCUT2D eigenvalue weighted by Gasteiger charge is -2.16. The molecule has 0 bridgehead atoms. The number of carbonyl (C=O) groups is 1. The van der Waals surface area contributed by atoms with Crippen molar-refractivity contribution in [2.24, 2.45) is 0 Å². The molecule has 1 amide bonds. The molecule has 1 atom stereocenters. The highest BCUT2D eigenvalue weighted by molar-refractivity contribution is 7.89. The standard InChI is InChI=1S/C20H16ClF3N2O3S/c1-12(19(27)25-18-11-15(20(22,23)24)7-9-17(18)21)26-30(28,29)16-8-6-13-4-2-3-5-14(13)10-16/h2-12,26H,1H3,(H,25,27)/t12-/m1/s1. The lowest BCUT2D eigenvalue weighted by Crippen LogP contribution is -2.41. The molecule has 0 aliphatic heterocycles. The molecule has 0 saturated carbocycles. The summed E-state index contributed by atoms with van der Waals surface area (Å²) in [6.45, 7) is 1.27. The van der Waals surface area contributed by atoms with Crippen molar-refractivity contribution in [3.63, 3.8) is 0 Å². The van der Waals surface area contributed by atoms with Crippen LogP contribution < -0.4 is 10.0 Å². The monoisotopic (exact) mass is 456 g/mol. The maximum absolute atomic E-state index is 12.9. The summed E-state index contributed by atoms with van der Waals surface area (Å²) in [5.41, 5.74) is -1.26. The molecule has 3 aromatic rings. The number of alkyl halides is 3. The van der Waals surface area contributed by atoms with Crippen LogP contribution in [0.5, 0.6) is 0 Å². The summed E-state index contributed by atoms with van der Waals surface area (Å²) in [7, 11) is -4.05. The van der Waals surface area contributed by atoms with Gasteiger partial charge in [-0.2, -0.15) is 17.9 Å². The maximum atomic E-state index is 12.9. The number of halogens is 4. The van der Waals surface area contributed by atoms with Crippen molar-refractivity contribution < 1.29 is 26.4 Å². The summed E-state index contributed by atoms with van der Waals surface area (Å²) in [4.78, 5) is 12.3. The average Bonchev–Trinajstić information content (AvgIpc) is 2.68. The molecule has 0 fully saturated rings. The largest absolute Gasteiger partial charge is 0.416 e. The quantitative estimate of drug-likeness (QED) is 0.578. The van der Waals surface area contributed by atoms with E-state index in [-0.39, 0.29) is 15.6 Å². The van der Waals surface area contributed by atoms with Gasteiger partial charge in [0.15, 0.2) is 0 Å². The Balaban J connectivity index is 1.78. The molecule has 0 saturated heterocycles. The fourth-order valence-electron chi connectivity index (χ4n) is 2.73. The molecule has 5 nitrogen and oxygen atoms in total. The second kappa shape index (κ2) is 8.25. The zero-order chi connectivity index (χ0) is 22.1. The molecular weight excluding hydrogens is 441 g/mol. The van der Waals surface area contributed by atoms with Gasteiger partial charge in [-0.3, -0.25) is 4.79 Å². The van der Waals surface area contributed by atoms with Gasteiger partial charge in [0.2, 0.25) is 15.9 Å². The molecule has 0 spiro atoms. The summed E-state index contributed by atoms with van der Waals surface area (Å²) in [5, 5.41) is 3.67. The fraction of sp³-hybridized carbons (Fsp3) is 0.150. The highest BCUT2D eigenvalue weighted by Gasteiger charge is 2.31. The van der Waals surface area contributed by atoms with Crippen molar-refractivity contribution in [3.05, 3.63) is 71.2 Å². The number of fused-ring (bicyclic) bond motifs is 1. The van der Waals surface area contributed by atoms with Crippen LogP contribution in [0.2, 0.25) is 5.02 Å². The highest BCUT2D eigenvalue weighted by atomic mass is 35.5. The van der Waals surface area contributed by atoms with Gasteiger partial charge >= 0.3 is 6.18 Å². The van der Waals surface area contributed by atoms with Crippen molar-refractivity contribution in [2.75, 3.05) is 5.32 Å². The zero-order valence-corrected chi connectivity index (χ0v) is 17.1. The normalized spacial score (nSPS) is 13.2. The zero-order valence-electron chi connectivity index (χ0n) is 15.5. The van der Waals surface area contributed by atoms with Gasteiger partial charge in [-0.15, -0.1) is 0 Å². The van der Waals surface area contributed by atoms with Gasteiger partial charge in [0.1, 0.15) is 0 Å². The third-order valence-electron chi connectivity index (χ3n) is 4.31. The molecule has 2 N–H and O–H groups in total.